The van der Waals surface area contributed by atoms with E-state index in [1.807, 2.05) is 62.9 Å². The molecule has 0 spiro atoms. The smallest absolute Gasteiger partial charge is 0.338 e. The largest absolute Gasteiger partial charge is 0.465 e. The summed E-state index contributed by atoms with van der Waals surface area (Å²) in [5.74, 6) is -6.18. The van der Waals surface area contributed by atoms with E-state index in [9.17, 15) is 50.0 Å². The number of esters is 2. The molecule has 0 aliphatic carbocycles. The van der Waals surface area contributed by atoms with Crippen molar-refractivity contribution < 1.29 is 59.3 Å². The lowest BCUT2D eigenvalue weighted by Crippen LogP contribution is -2.40. The Morgan fingerprint density at radius 3 is 1.38 bits per heavy atom. The third kappa shape index (κ3) is 27.2. The number of methoxy groups -OCH3 is 2. The molecule has 504 valence electrons. The minimum atomic E-state index is -0.901. The van der Waals surface area contributed by atoms with E-state index in [4.69, 9.17) is 43.3 Å². The van der Waals surface area contributed by atoms with E-state index in [1.54, 1.807) is 17.0 Å². The summed E-state index contributed by atoms with van der Waals surface area (Å²) < 4.78 is 115. The van der Waals surface area contributed by atoms with Crippen molar-refractivity contribution in [1.29, 1.82) is 15.8 Å². The Balaban J connectivity index is 0.000000397. The lowest BCUT2D eigenvalue weighted by molar-refractivity contribution is 0.0590. The van der Waals surface area contributed by atoms with Gasteiger partial charge in [-0.25, -0.2) is 44.7 Å². The third-order valence-corrected chi connectivity index (χ3v) is 16.7. The zero-order valence-corrected chi connectivity index (χ0v) is 59.0. The fourth-order valence-corrected chi connectivity index (χ4v) is 11.1. The number of nitrogens with zero attached hydrogens (tertiary/aromatic N) is 5. The van der Waals surface area contributed by atoms with Crippen LogP contribution in [-0.2, 0) is 15.9 Å². The third-order valence-electron chi connectivity index (χ3n) is 14.3. The zero-order chi connectivity index (χ0) is 70.2. The maximum atomic E-state index is 14.3. The van der Waals surface area contributed by atoms with Crippen LogP contribution < -0.4 is 32.7 Å². The number of aliphatic hydroxyl groups is 1. The molecule has 93 heavy (non-hydrogen) atoms. The van der Waals surface area contributed by atoms with Gasteiger partial charge >= 0.3 is 11.9 Å². The predicted molar refractivity (Wildman–Crippen MR) is 363 cm³/mol. The Hall–Kier alpha value is -6.83. The second kappa shape index (κ2) is 42.5. The van der Waals surface area contributed by atoms with Crippen LogP contribution in [0.25, 0.3) is 0 Å². The number of carbonyl (C=O) groups excluding carboxylic acids is 2. The zero-order valence-electron chi connectivity index (χ0n) is 52.6. The summed E-state index contributed by atoms with van der Waals surface area (Å²) >= 11 is 12.9. The molecule has 2 aliphatic heterocycles. The molecular formula is C67H77Br4F8N9O5. The lowest BCUT2D eigenvalue weighted by atomic mass is 9.87. The maximum Gasteiger partial charge on any atom is 0.338 e. The van der Waals surface area contributed by atoms with Crippen molar-refractivity contribution in [2.45, 2.75) is 104 Å². The Morgan fingerprint density at radius 2 is 0.978 bits per heavy atom. The van der Waals surface area contributed by atoms with Gasteiger partial charge in [0.15, 0.2) is 11.6 Å². The maximum absolute atomic E-state index is 14.3. The van der Waals surface area contributed by atoms with Gasteiger partial charge < -0.3 is 47.3 Å². The highest BCUT2D eigenvalue weighted by Gasteiger charge is 2.26. The Morgan fingerprint density at radius 1 is 0.581 bits per heavy atom. The summed E-state index contributed by atoms with van der Waals surface area (Å²) in [6.07, 6.45) is 8.16. The molecule has 0 unspecified atom stereocenters. The number of hydrogen-bond acceptors (Lipinski definition) is 14. The van der Waals surface area contributed by atoms with Gasteiger partial charge in [-0.1, -0.05) is 73.3 Å². The van der Waals surface area contributed by atoms with Crippen LogP contribution in [0, 0.1) is 114 Å². The number of nitrogens with two attached hydrogens (primary N) is 4. The highest BCUT2D eigenvalue weighted by atomic mass is 79.9. The summed E-state index contributed by atoms with van der Waals surface area (Å²) in [6, 6.07) is 20.6. The molecule has 14 nitrogen and oxygen atoms in total. The van der Waals surface area contributed by atoms with Gasteiger partial charge in [0.25, 0.3) is 0 Å². The van der Waals surface area contributed by atoms with E-state index in [0.717, 1.165) is 143 Å². The summed E-state index contributed by atoms with van der Waals surface area (Å²) in [5.41, 5.74) is 27.9. The van der Waals surface area contributed by atoms with Crippen molar-refractivity contribution >= 4 is 98.4 Å². The van der Waals surface area contributed by atoms with E-state index in [-0.39, 0.29) is 61.9 Å². The van der Waals surface area contributed by atoms with Crippen molar-refractivity contribution in [3.8, 4) is 18.2 Å². The van der Waals surface area contributed by atoms with Gasteiger partial charge in [0, 0.05) is 88.7 Å². The van der Waals surface area contributed by atoms with E-state index in [1.165, 1.54) is 14.2 Å². The number of benzene rings is 6. The van der Waals surface area contributed by atoms with E-state index < -0.39 is 46.5 Å². The standard InChI is InChI=1S/C23H24F2N2O2.C12H13F2N3.C10H11BrO2.C7H4F2N2.C6H4BrF2N.C5H11Br2N.C4H10O/c1-14-8-15(2)20(23(28)29-3)11-17(14)9-16-4-6-27(7-5-16)22-18(13-26)10-19(24)12-21(22)25;13-9-5-8(7-15)12(11(14)6-9)17-3-1-10(16)2-4-17;1-6-4-7(2)9(11)5-8(6)10(12)13-3;8-5-1-4(3-10)7(11)6(9)2-5;7-4-1-3(8)2-5(9)6(4)10;6-3-1-5(8)2-4-7;1-2-3-4-5/h8,10-12,16H,4-7,9H2,1-3H3;5-6,10H,1-4,16H2;4-5H,1-3H3;1-2H,11H2;1-2H,10H2;5H,1-4,8H2;5H,2-4H2,1H3. The number of carbonyl (C=O) groups is 2. The van der Waals surface area contributed by atoms with Crippen molar-refractivity contribution in [1.82, 2.24) is 0 Å². The topological polar surface area (TPSA) is 255 Å². The average Bonchev–Trinajstić information content (AvgIpc) is 0.843. The van der Waals surface area contributed by atoms with Crippen LogP contribution in [0.4, 0.5) is 57.9 Å². The number of unbranched alkanes of at least 4 members (excludes halogenated alkanes) is 1. The molecule has 6 aromatic rings. The fraction of sp³-hybridized carbons (Fsp3) is 0.388. The van der Waals surface area contributed by atoms with Crippen LogP contribution in [0.3, 0.4) is 0 Å². The number of anilines is 4. The van der Waals surface area contributed by atoms with Crippen molar-refractivity contribution in [3.63, 3.8) is 0 Å². The summed E-state index contributed by atoms with van der Waals surface area (Å²) in [6.45, 7) is 12.6. The monoisotopic (exact) mass is 1560 g/mol. The minimum Gasteiger partial charge on any atom is -0.465 e. The molecule has 0 atom stereocenters. The molecule has 9 N–H and O–H groups in total. The second-order valence-electron chi connectivity index (χ2n) is 21.3. The molecule has 26 heteroatoms. The number of piperidine rings is 2. The van der Waals surface area contributed by atoms with Gasteiger partial charge in [-0.05, 0) is 165 Å². The number of ether oxygens (including phenoxy) is 2. The molecule has 6 aromatic carbocycles. The van der Waals surface area contributed by atoms with Gasteiger partial charge in [0.1, 0.15) is 53.1 Å². The molecule has 2 aliphatic rings. The van der Waals surface area contributed by atoms with Crippen LogP contribution in [0.2, 0.25) is 0 Å². The number of rotatable bonds is 12. The van der Waals surface area contributed by atoms with Gasteiger partial charge in [0.05, 0.1) is 64.8 Å². The summed E-state index contributed by atoms with van der Waals surface area (Å²) in [5, 5.41) is 36.6. The number of halogens is 12. The fourth-order valence-electron chi connectivity index (χ4n) is 9.16. The number of nitrogen functional groups attached to an aromatic ring is 2. The molecule has 8 rings (SSSR count). The predicted octanol–water partition coefficient (Wildman–Crippen LogP) is 15.7. The second-order valence-corrected chi connectivity index (χ2v) is 24.6. The molecule has 0 radical (unpaired) electrons. The number of nitriles is 3. The van der Waals surface area contributed by atoms with Gasteiger partial charge in [0.2, 0.25) is 0 Å². The number of hydrogen-bond donors (Lipinski definition) is 5. The highest BCUT2D eigenvalue weighted by Crippen LogP contribution is 2.33. The molecule has 0 aromatic heterocycles. The SMILES string of the molecule is CCCCO.COC(=O)c1cc(Br)c(C)cc1C.COC(=O)c1cc(CC2CCN(c3c(F)cc(F)cc3C#N)CC2)c(C)cc1C.N#Cc1cc(F)cc(F)c1N.N#Cc1cc(F)cc(F)c1N1CCC(N)CC1.NC(CCBr)CCBr.Nc1c(F)cc(F)cc1Br. The van der Waals surface area contributed by atoms with E-state index in [0.29, 0.717) is 61.9 Å². The molecule has 2 fully saturated rings. The molecule has 0 amide bonds. The minimum absolute atomic E-state index is 0.0260. The summed E-state index contributed by atoms with van der Waals surface area (Å²) in [7, 11) is 2.76. The van der Waals surface area contributed by atoms with Crippen molar-refractivity contribution in [3.05, 3.63) is 184 Å². The summed E-state index contributed by atoms with van der Waals surface area (Å²) in [4.78, 5) is 26.8. The van der Waals surface area contributed by atoms with Crippen molar-refractivity contribution in [2.24, 2.45) is 17.4 Å². The first-order valence-electron chi connectivity index (χ1n) is 29.1. The van der Waals surface area contributed by atoms with E-state index >= 15 is 0 Å². The molecule has 0 bridgehead atoms. The molecule has 2 saturated heterocycles. The van der Waals surface area contributed by atoms with Gasteiger partial charge in [-0.15, -0.1) is 0 Å². The first kappa shape index (κ1) is 82.3. The van der Waals surface area contributed by atoms with Crippen LogP contribution >= 0.6 is 63.7 Å². The quantitative estimate of drug-likeness (QED) is 0.0331. The van der Waals surface area contributed by atoms with Crippen LogP contribution in [-0.4, -0.2) is 86.8 Å². The van der Waals surface area contributed by atoms with Crippen molar-refractivity contribution in [2.75, 3.05) is 78.9 Å². The normalized spacial score (nSPS) is 12.5. The number of aryl methyl sites for hydroxylation is 4. The Labute approximate surface area is 572 Å². The molecule has 0 saturated carbocycles. The average molecular weight is 1560 g/mol. The van der Waals surface area contributed by atoms with Gasteiger partial charge in [-0.3, -0.25) is 0 Å². The lowest BCUT2D eigenvalue weighted by Gasteiger charge is -2.34. The number of alkyl halides is 2. The van der Waals surface area contributed by atoms with Crippen LogP contribution in [0.5, 0.6) is 0 Å². The van der Waals surface area contributed by atoms with Gasteiger partial charge in [-0.2, -0.15) is 15.8 Å². The number of aliphatic hydroxyl groups excluding tert-OH is 1. The first-order chi connectivity index (χ1) is 44.0. The molecule has 2 heterocycles. The van der Waals surface area contributed by atoms with Crippen LogP contribution in [0.1, 0.15) is 124 Å². The molecular weight excluding hydrogens is 1480 g/mol. The Bertz CT molecular complexity index is 3530. The van der Waals surface area contributed by atoms with E-state index in [2.05, 4.69) is 75.4 Å². The highest BCUT2D eigenvalue weighted by molar-refractivity contribution is 9.11. The Kier molecular flexibility index (Phi) is 37.6. The first-order valence-corrected chi connectivity index (χ1v) is 32.9. The van der Waals surface area contributed by atoms with Crippen LogP contribution in [0.15, 0.2) is 81.7 Å².